The van der Waals surface area contributed by atoms with E-state index in [9.17, 15) is 28.0 Å². The van der Waals surface area contributed by atoms with Crippen molar-refractivity contribution in [1.82, 2.24) is 35.1 Å². The third-order valence-corrected chi connectivity index (χ3v) is 6.72. The van der Waals surface area contributed by atoms with E-state index in [1.165, 1.54) is 33.9 Å². The molecule has 0 aliphatic heterocycles. The Hall–Kier alpha value is -5.29. The Morgan fingerprint density at radius 1 is 1.00 bits per heavy atom. The van der Waals surface area contributed by atoms with Gasteiger partial charge in [0.1, 0.15) is 23.3 Å². The number of alkyl halides is 3. The van der Waals surface area contributed by atoms with Gasteiger partial charge >= 0.3 is 6.18 Å². The van der Waals surface area contributed by atoms with Crippen molar-refractivity contribution >= 4 is 40.1 Å². The van der Waals surface area contributed by atoms with E-state index in [1.807, 2.05) is 6.07 Å². The Morgan fingerprint density at radius 2 is 1.73 bits per heavy atom. The number of aryl methyl sites for hydroxylation is 1. The Labute approximate surface area is 259 Å². The number of anilines is 1. The lowest BCUT2D eigenvalue weighted by Crippen LogP contribution is -2.41. The van der Waals surface area contributed by atoms with Crippen LogP contribution in [0.2, 0.25) is 5.02 Å². The van der Waals surface area contributed by atoms with E-state index in [2.05, 4.69) is 30.9 Å². The number of carbonyl (C=O) groups excluding carboxylic acids is 2. The van der Waals surface area contributed by atoms with Crippen molar-refractivity contribution in [3.63, 3.8) is 0 Å². The summed E-state index contributed by atoms with van der Waals surface area (Å²) in [6.45, 7) is 6.94. The SMILES string of the molecule is Cc1cc(C#N)cc(C(=O)NC(C)(C)C)c1NC(=O)c1cc(Cn2nc3ccc(C(F)(F)F)cc3n2)nn1-c1ncccc1Cl. The lowest BCUT2D eigenvalue weighted by atomic mass is 10.0. The minimum absolute atomic E-state index is 0.0207. The molecule has 15 heteroatoms. The van der Waals surface area contributed by atoms with Gasteiger partial charge in [-0.3, -0.25) is 9.59 Å². The average Bonchev–Trinajstić information content (AvgIpc) is 3.56. The van der Waals surface area contributed by atoms with Crippen molar-refractivity contribution in [2.45, 2.75) is 46.0 Å². The first-order chi connectivity index (χ1) is 21.1. The first-order valence-electron chi connectivity index (χ1n) is 13.4. The van der Waals surface area contributed by atoms with Crippen molar-refractivity contribution in [3.8, 4) is 11.9 Å². The van der Waals surface area contributed by atoms with Crippen LogP contribution in [0, 0.1) is 18.3 Å². The maximum Gasteiger partial charge on any atom is 0.416 e. The number of nitrogens with zero attached hydrogens (tertiary/aromatic N) is 7. The van der Waals surface area contributed by atoms with E-state index < -0.39 is 29.1 Å². The van der Waals surface area contributed by atoms with Crippen molar-refractivity contribution < 1.29 is 22.8 Å². The number of carbonyl (C=O) groups is 2. The van der Waals surface area contributed by atoms with Crippen LogP contribution in [0.5, 0.6) is 0 Å². The largest absolute Gasteiger partial charge is 0.416 e. The lowest BCUT2D eigenvalue weighted by molar-refractivity contribution is -0.137. The molecule has 0 bridgehead atoms. The number of fused-ring (bicyclic) bond motifs is 1. The highest BCUT2D eigenvalue weighted by atomic mass is 35.5. The summed E-state index contributed by atoms with van der Waals surface area (Å²) in [7, 11) is 0. The van der Waals surface area contributed by atoms with Crippen molar-refractivity contribution in [2.24, 2.45) is 0 Å². The fourth-order valence-corrected chi connectivity index (χ4v) is 4.70. The molecule has 230 valence electrons. The van der Waals surface area contributed by atoms with Crippen LogP contribution in [0.1, 0.15) is 64.0 Å². The molecule has 2 aromatic carbocycles. The number of pyridine rings is 1. The number of rotatable bonds is 6. The summed E-state index contributed by atoms with van der Waals surface area (Å²) in [4.78, 5) is 32.5. The minimum atomic E-state index is -4.54. The molecule has 0 saturated heterocycles. The maximum absolute atomic E-state index is 13.8. The van der Waals surface area contributed by atoms with E-state index in [4.69, 9.17) is 11.6 Å². The highest BCUT2D eigenvalue weighted by Crippen LogP contribution is 2.31. The van der Waals surface area contributed by atoms with Crippen LogP contribution < -0.4 is 10.6 Å². The molecule has 0 fully saturated rings. The number of benzene rings is 2. The van der Waals surface area contributed by atoms with Crippen LogP contribution in [0.25, 0.3) is 16.9 Å². The standard InChI is InChI=1S/C30H25ClF3N9O2/c1-16-10-17(14-35)11-20(27(44)38-29(2,3)4)25(16)37-28(45)24-13-19(39-43(24)26-21(31)6-5-9-36-26)15-42-40-22-8-7-18(30(32,33)34)12-23(22)41-42/h5-13H,15H2,1-4H3,(H,37,45)(H,38,44). The summed E-state index contributed by atoms with van der Waals surface area (Å²) in [5, 5.41) is 28.2. The molecule has 0 spiro atoms. The Balaban J connectivity index is 1.54. The van der Waals surface area contributed by atoms with Crippen molar-refractivity contribution in [3.05, 3.63) is 93.4 Å². The molecule has 0 aliphatic rings. The van der Waals surface area contributed by atoms with E-state index in [0.717, 1.165) is 12.1 Å². The number of aromatic nitrogens is 6. The van der Waals surface area contributed by atoms with Gasteiger partial charge in [0.25, 0.3) is 11.8 Å². The molecular formula is C30H25ClF3N9O2. The molecular weight excluding hydrogens is 611 g/mol. The van der Waals surface area contributed by atoms with Gasteiger partial charge in [0.05, 0.1) is 39.2 Å². The molecule has 2 amide bonds. The summed E-state index contributed by atoms with van der Waals surface area (Å²) >= 11 is 6.40. The monoisotopic (exact) mass is 635 g/mol. The van der Waals surface area contributed by atoms with E-state index >= 15 is 0 Å². The fourth-order valence-electron chi connectivity index (χ4n) is 4.50. The number of hydrogen-bond acceptors (Lipinski definition) is 7. The Morgan fingerprint density at radius 3 is 2.40 bits per heavy atom. The third-order valence-electron chi connectivity index (χ3n) is 6.42. The molecule has 2 N–H and O–H groups in total. The molecule has 3 aromatic heterocycles. The van der Waals surface area contributed by atoms with E-state index in [1.54, 1.807) is 45.9 Å². The summed E-state index contributed by atoms with van der Waals surface area (Å²) in [6.07, 6.45) is -3.08. The minimum Gasteiger partial charge on any atom is -0.347 e. The molecule has 3 heterocycles. The van der Waals surface area contributed by atoms with Crippen LogP contribution in [0.15, 0.2) is 54.7 Å². The van der Waals surface area contributed by atoms with Gasteiger partial charge in [-0.2, -0.15) is 38.5 Å². The molecule has 5 rings (SSSR count). The first kappa shape index (κ1) is 31.1. The summed E-state index contributed by atoms with van der Waals surface area (Å²) < 4.78 is 40.8. The van der Waals surface area contributed by atoms with Gasteiger partial charge in [-0.15, -0.1) is 0 Å². The van der Waals surface area contributed by atoms with Gasteiger partial charge in [0.15, 0.2) is 5.82 Å². The molecule has 0 saturated carbocycles. The van der Waals surface area contributed by atoms with Crippen LogP contribution in [-0.4, -0.2) is 47.1 Å². The average molecular weight is 636 g/mol. The Kier molecular flexibility index (Phi) is 8.07. The summed E-state index contributed by atoms with van der Waals surface area (Å²) in [6, 6.07) is 12.6. The van der Waals surface area contributed by atoms with Crippen molar-refractivity contribution in [1.29, 1.82) is 5.26 Å². The maximum atomic E-state index is 13.8. The van der Waals surface area contributed by atoms with Gasteiger partial charge in [-0.25, -0.2) is 9.67 Å². The van der Waals surface area contributed by atoms with E-state index in [-0.39, 0.29) is 56.6 Å². The van der Waals surface area contributed by atoms with Gasteiger partial charge in [-0.05, 0) is 81.8 Å². The molecule has 5 aromatic rings. The predicted octanol–water partition coefficient (Wildman–Crippen LogP) is 5.69. The van der Waals surface area contributed by atoms with Crippen LogP contribution >= 0.6 is 11.6 Å². The zero-order valence-electron chi connectivity index (χ0n) is 24.4. The number of nitriles is 1. The highest BCUT2D eigenvalue weighted by molar-refractivity contribution is 6.32. The molecule has 0 aliphatic carbocycles. The van der Waals surface area contributed by atoms with E-state index in [0.29, 0.717) is 5.56 Å². The number of hydrogen-bond donors (Lipinski definition) is 2. The molecule has 0 unspecified atom stereocenters. The molecule has 0 radical (unpaired) electrons. The van der Waals surface area contributed by atoms with Gasteiger partial charge in [-0.1, -0.05) is 11.6 Å². The van der Waals surface area contributed by atoms with Gasteiger partial charge < -0.3 is 10.6 Å². The van der Waals surface area contributed by atoms with Crippen molar-refractivity contribution in [2.75, 3.05) is 5.32 Å². The normalized spacial score (nSPS) is 11.8. The van der Waals surface area contributed by atoms with Crippen LogP contribution in [-0.2, 0) is 12.7 Å². The number of nitrogens with one attached hydrogen (secondary N) is 2. The number of halogens is 4. The zero-order chi connectivity index (χ0) is 32.7. The van der Waals surface area contributed by atoms with Gasteiger partial charge in [0, 0.05) is 11.7 Å². The van der Waals surface area contributed by atoms with Crippen LogP contribution in [0.4, 0.5) is 18.9 Å². The zero-order valence-corrected chi connectivity index (χ0v) is 25.1. The second-order valence-electron chi connectivity index (χ2n) is 11.2. The Bertz CT molecular complexity index is 2000. The molecule has 11 nitrogen and oxygen atoms in total. The lowest BCUT2D eigenvalue weighted by Gasteiger charge is -2.22. The van der Waals surface area contributed by atoms with Gasteiger partial charge in [0.2, 0.25) is 0 Å². The fraction of sp³-hybridized carbons (Fsp3) is 0.233. The summed E-state index contributed by atoms with van der Waals surface area (Å²) in [5.41, 5.74) is 0.0329. The first-order valence-corrected chi connectivity index (χ1v) is 13.8. The van der Waals surface area contributed by atoms with Crippen LogP contribution in [0.3, 0.4) is 0 Å². The topological polar surface area (TPSA) is 143 Å². The molecule has 0 atom stereocenters. The number of amides is 2. The smallest absolute Gasteiger partial charge is 0.347 e. The highest BCUT2D eigenvalue weighted by Gasteiger charge is 2.31. The third kappa shape index (κ3) is 6.78. The second-order valence-corrected chi connectivity index (χ2v) is 11.6. The molecule has 45 heavy (non-hydrogen) atoms. The second kappa shape index (κ2) is 11.7. The predicted molar refractivity (Wildman–Crippen MR) is 159 cm³/mol. The summed E-state index contributed by atoms with van der Waals surface area (Å²) in [5.74, 6) is -1.04. The quantitative estimate of drug-likeness (QED) is 0.244.